The summed E-state index contributed by atoms with van der Waals surface area (Å²) in [6.07, 6.45) is 0. The molecule has 0 saturated heterocycles. The van der Waals surface area contributed by atoms with Gasteiger partial charge in [0.2, 0.25) is 0 Å². The van der Waals surface area contributed by atoms with Gasteiger partial charge in [-0.1, -0.05) is 25.7 Å². The fraction of sp³-hybridized carbons (Fsp3) is 0.146. The summed E-state index contributed by atoms with van der Waals surface area (Å²) in [7, 11) is -11.6. The van der Waals surface area contributed by atoms with Gasteiger partial charge in [0.25, 0.3) is 0 Å². The molecule has 338 valence electrons. The first-order chi connectivity index (χ1) is 31.5. The minimum Gasteiger partial charge on any atom is -0.413 e. The minimum atomic E-state index is -4.40. The van der Waals surface area contributed by atoms with E-state index < -0.39 is 23.0 Å². The number of methoxy groups -OCH3 is 1. The van der Waals surface area contributed by atoms with Gasteiger partial charge < -0.3 is 31.9 Å². The first-order valence-electron chi connectivity index (χ1n) is 20.3. The van der Waals surface area contributed by atoms with E-state index in [0.717, 1.165) is 5.56 Å². The molecule has 6 aromatic rings. The summed E-state index contributed by atoms with van der Waals surface area (Å²) in [4.78, 5) is 61.9. The van der Waals surface area contributed by atoms with Crippen LogP contribution in [0.2, 0.25) is 0 Å². The molecular weight excluding hydrogens is 903 g/mol. The number of Topliss-reactive ketones (excluding diaryl/α,β-unsaturated/α-hetero) is 5. The highest BCUT2D eigenvalue weighted by atomic mass is 31.3. The Morgan fingerprint density at radius 2 is 0.515 bits per heavy atom. The molecule has 0 spiro atoms. The SMILES string of the molecule is COCc1ccc(OP2(Oc3ccc(C(C)=O)cc3)=NP(Oc3ccc(C(C)=O)cc3)(Oc3ccc(C(C)=O)cc3)=NP(Oc3ccc(C(C)=O)cc3)(Oc3ccc(C(C)=O)cc3)=N2)cc1. The highest BCUT2D eigenvalue weighted by molar-refractivity contribution is 7.79. The lowest BCUT2D eigenvalue weighted by Gasteiger charge is -2.33. The van der Waals surface area contributed by atoms with Crippen molar-refractivity contribution in [1.82, 2.24) is 0 Å². The summed E-state index contributed by atoms with van der Waals surface area (Å²) in [6.45, 7) is 7.49. The van der Waals surface area contributed by atoms with Crippen LogP contribution in [0.1, 0.15) is 92.0 Å². The normalized spacial score (nSPS) is 15.6. The maximum atomic E-state index is 12.4. The fourth-order valence-electron chi connectivity index (χ4n) is 6.15. The van der Waals surface area contributed by atoms with Crippen LogP contribution in [0.3, 0.4) is 0 Å². The van der Waals surface area contributed by atoms with Crippen molar-refractivity contribution in [2.75, 3.05) is 7.11 Å². The topological polar surface area (TPSA) is 187 Å². The monoisotopic (exact) mass is 947 g/mol. The predicted molar refractivity (Wildman–Crippen MR) is 251 cm³/mol. The fourth-order valence-corrected chi connectivity index (χ4v) is 15.2. The Balaban J connectivity index is 1.57. The van der Waals surface area contributed by atoms with Crippen molar-refractivity contribution >= 4 is 51.9 Å². The number of rotatable bonds is 19. The second-order valence-corrected chi connectivity index (χ2v) is 21.0. The number of hydrogen-bond acceptors (Lipinski definition) is 15. The summed E-state index contributed by atoms with van der Waals surface area (Å²) in [5.74, 6) is 0.124. The molecule has 0 N–H and O–H groups in total. The van der Waals surface area contributed by atoms with Crippen molar-refractivity contribution in [2.24, 2.45) is 13.5 Å². The van der Waals surface area contributed by atoms with E-state index in [2.05, 4.69) is 0 Å². The molecule has 0 saturated carbocycles. The zero-order chi connectivity index (χ0) is 47.1. The van der Waals surface area contributed by atoms with Gasteiger partial charge in [-0.2, -0.15) is 0 Å². The molecule has 1 heterocycles. The van der Waals surface area contributed by atoms with Crippen LogP contribution in [0.5, 0.6) is 34.5 Å². The minimum absolute atomic E-state index is 0.158. The van der Waals surface area contributed by atoms with E-state index in [-0.39, 0.29) is 63.4 Å². The first-order valence-corrected chi connectivity index (χ1v) is 24.9. The number of ether oxygens (including phenoxy) is 1. The number of carbonyl (C=O) groups excluding carboxylic acids is 5. The lowest BCUT2D eigenvalue weighted by atomic mass is 10.1. The lowest BCUT2D eigenvalue weighted by molar-refractivity contribution is 0.100. The number of ketones is 5. The van der Waals surface area contributed by atoms with Crippen LogP contribution in [0.15, 0.2) is 159 Å². The summed E-state index contributed by atoms with van der Waals surface area (Å²) >= 11 is 0. The summed E-state index contributed by atoms with van der Waals surface area (Å²) in [5, 5.41) is 0. The van der Waals surface area contributed by atoms with Gasteiger partial charge in [0.1, 0.15) is 34.5 Å². The van der Waals surface area contributed by atoms with E-state index in [1.807, 2.05) is 0 Å². The summed E-state index contributed by atoms with van der Waals surface area (Å²) in [6, 6.07) is 38.2. The molecule has 7 rings (SSSR count). The molecule has 1 aliphatic rings. The van der Waals surface area contributed by atoms with E-state index >= 15 is 0 Å². The second kappa shape index (κ2) is 20.1. The van der Waals surface area contributed by atoms with Crippen LogP contribution in [-0.2, 0) is 11.3 Å². The Labute approximate surface area is 381 Å². The quantitative estimate of drug-likeness (QED) is 0.0553. The van der Waals surface area contributed by atoms with Crippen LogP contribution in [-0.4, -0.2) is 36.0 Å². The van der Waals surface area contributed by atoms with E-state index in [1.165, 1.54) is 34.6 Å². The van der Waals surface area contributed by atoms with Crippen molar-refractivity contribution in [1.29, 1.82) is 0 Å². The highest BCUT2D eigenvalue weighted by Crippen LogP contribution is 2.78. The molecule has 1 aliphatic heterocycles. The molecule has 18 heteroatoms. The number of nitrogens with zero attached hydrogens (tertiary/aromatic N) is 3. The Kier molecular flexibility index (Phi) is 14.3. The van der Waals surface area contributed by atoms with Crippen LogP contribution >= 0.6 is 23.0 Å². The molecule has 0 aromatic heterocycles. The van der Waals surface area contributed by atoms with Crippen LogP contribution < -0.4 is 27.1 Å². The number of benzene rings is 6. The molecule has 66 heavy (non-hydrogen) atoms. The standard InChI is InChI=1S/C48H44N3O12P3/c1-32(52)38-9-21-44(22-10-38)59-64(58-43-19-7-37(8-20-43)31-57-6)49-65(60-45-23-11-39(12-24-45)33(2)53,61-46-25-13-40(14-26-46)34(3)54)51-66(50-64,62-47-27-15-41(16-28-47)35(4)55)63-48-29-17-42(18-30-48)36(5)56/h7-30H,31H2,1-6H3. The van der Waals surface area contributed by atoms with Gasteiger partial charge in [0, 0.05) is 34.9 Å². The largest absolute Gasteiger partial charge is 0.460 e. The maximum absolute atomic E-state index is 12.4. The number of carbonyl (C=O) groups is 5. The van der Waals surface area contributed by atoms with Crippen LogP contribution in [0.25, 0.3) is 0 Å². The average molecular weight is 948 g/mol. The van der Waals surface area contributed by atoms with Gasteiger partial charge in [0.05, 0.1) is 6.61 Å². The van der Waals surface area contributed by atoms with Crippen molar-refractivity contribution in [2.45, 2.75) is 41.2 Å². The molecule has 0 aliphatic carbocycles. The zero-order valence-electron chi connectivity index (χ0n) is 36.6. The summed E-state index contributed by atoms with van der Waals surface area (Å²) < 4.78 is 61.8. The molecule has 0 radical (unpaired) electrons. The average Bonchev–Trinajstić information content (AvgIpc) is 3.27. The Morgan fingerprint density at radius 3 is 0.682 bits per heavy atom. The van der Waals surface area contributed by atoms with Crippen molar-refractivity contribution in [3.8, 4) is 34.5 Å². The van der Waals surface area contributed by atoms with Gasteiger partial charge in [-0.15, -0.1) is 0 Å². The zero-order valence-corrected chi connectivity index (χ0v) is 39.3. The van der Waals surface area contributed by atoms with Crippen molar-refractivity contribution in [3.05, 3.63) is 179 Å². The van der Waals surface area contributed by atoms with E-state index in [9.17, 15) is 24.0 Å². The van der Waals surface area contributed by atoms with E-state index in [1.54, 1.807) is 153 Å². The van der Waals surface area contributed by atoms with Crippen molar-refractivity contribution < 1.29 is 55.9 Å². The molecule has 0 fully saturated rings. The highest BCUT2D eigenvalue weighted by Gasteiger charge is 2.49. The molecule has 0 amide bonds. The molecular formula is C48H44N3O12P3. The Hall–Kier alpha value is -6.88. The maximum Gasteiger partial charge on any atom is 0.460 e. The molecule has 15 nitrogen and oxygen atoms in total. The first kappa shape index (κ1) is 47.1. The lowest BCUT2D eigenvalue weighted by Crippen LogP contribution is -2.11. The van der Waals surface area contributed by atoms with E-state index in [4.69, 9.17) is 45.4 Å². The van der Waals surface area contributed by atoms with Gasteiger partial charge in [-0.25, -0.2) is 0 Å². The van der Waals surface area contributed by atoms with Gasteiger partial charge >= 0.3 is 23.0 Å². The molecule has 1 unspecified atom stereocenters. The van der Waals surface area contributed by atoms with Gasteiger partial charge in [-0.05, 0) is 174 Å². The third kappa shape index (κ3) is 11.7. The van der Waals surface area contributed by atoms with Crippen LogP contribution in [0, 0.1) is 0 Å². The van der Waals surface area contributed by atoms with Gasteiger partial charge in [-0.3, -0.25) is 24.0 Å². The van der Waals surface area contributed by atoms with Crippen LogP contribution in [0.4, 0.5) is 0 Å². The second-order valence-electron chi connectivity index (χ2n) is 14.8. The summed E-state index contributed by atoms with van der Waals surface area (Å²) in [5.41, 5.74) is 2.85. The van der Waals surface area contributed by atoms with E-state index in [0.29, 0.717) is 34.4 Å². The van der Waals surface area contributed by atoms with Crippen molar-refractivity contribution in [3.63, 3.8) is 0 Å². The number of hydrogen-bond donors (Lipinski definition) is 0. The third-order valence-electron chi connectivity index (χ3n) is 9.56. The molecule has 6 aromatic carbocycles. The predicted octanol–water partition coefficient (Wildman–Crippen LogP) is 13.5. The Bertz CT molecular complexity index is 2720. The smallest absolute Gasteiger partial charge is 0.413 e. The molecule has 0 bridgehead atoms. The third-order valence-corrected chi connectivity index (χ3v) is 17.7. The molecule has 1 atom stereocenters. The van der Waals surface area contributed by atoms with Gasteiger partial charge in [0.15, 0.2) is 28.9 Å². The Morgan fingerprint density at radius 1 is 0.333 bits per heavy atom.